The molecule has 1 spiro atoms. The molecular weight excluding hydrogens is 662 g/mol. The molecule has 2 N–H and O–H groups in total. The zero-order valence-corrected chi connectivity index (χ0v) is 30.5. The minimum absolute atomic E-state index is 0.130. The molecule has 1 saturated carbocycles. The number of carbonyl (C=O) groups is 1. The van der Waals surface area contributed by atoms with E-state index in [0.29, 0.717) is 43.7 Å². The maximum absolute atomic E-state index is 13.5. The highest BCUT2D eigenvalue weighted by Crippen LogP contribution is 2.49. The fraction of sp³-hybridized carbons (Fsp3) is 0.658. The van der Waals surface area contributed by atoms with Crippen LogP contribution in [0.4, 0.5) is 5.69 Å². The van der Waals surface area contributed by atoms with Crippen LogP contribution in [0.3, 0.4) is 0 Å². The van der Waals surface area contributed by atoms with Crippen LogP contribution in [0.1, 0.15) is 86.7 Å². The lowest BCUT2D eigenvalue weighted by Gasteiger charge is -2.51. The number of anilines is 1. The van der Waals surface area contributed by atoms with Crippen LogP contribution < -0.4 is 14.4 Å². The summed E-state index contributed by atoms with van der Waals surface area (Å²) in [5.74, 6) is 0.293. The monoisotopic (exact) mass is 713 g/mol. The lowest BCUT2D eigenvalue weighted by molar-refractivity contribution is -0.100. The number of carbonyl (C=O) groups excluding carboxylic acids is 1. The van der Waals surface area contributed by atoms with Gasteiger partial charge in [-0.1, -0.05) is 31.0 Å². The molecule has 2 bridgehead atoms. The average Bonchev–Trinajstić information content (AvgIpc) is 3.22. The van der Waals surface area contributed by atoms with Crippen LogP contribution in [0.5, 0.6) is 5.75 Å². The first-order chi connectivity index (χ1) is 23.5. The van der Waals surface area contributed by atoms with Gasteiger partial charge in [-0.05, 0) is 118 Å². The quantitative estimate of drug-likeness (QED) is 0.426. The van der Waals surface area contributed by atoms with Crippen molar-refractivity contribution >= 4 is 33.2 Å². The van der Waals surface area contributed by atoms with Crippen molar-refractivity contribution in [2.24, 2.45) is 17.8 Å². The maximum Gasteiger partial charge on any atom is 0.264 e. The second-order valence-electron chi connectivity index (χ2n) is 15.6. The molecule has 0 radical (unpaired) electrons. The Bertz CT molecular complexity index is 1650. The highest BCUT2D eigenvalue weighted by molar-refractivity contribution is 7.90. The van der Waals surface area contributed by atoms with Gasteiger partial charge in [-0.2, -0.15) is 0 Å². The summed E-state index contributed by atoms with van der Waals surface area (Å²) in [6, 6.07) is 11.5. The highest BCUT2D eigenvalue weighted by atomic mass is 35.5. The summed E-state index contributed by atoms with van der Waals surface area (Å²) in [7, 11) is -3.93. The van der Waals surface area contributed by atoms with Gasteiger partial charge < -0.3 is 19.5 Å². The Kier molecular flexibility index (Phi) is 10.0. The van der Waals surface area contributed by atoms with Crippen molar-refractivity contribution < 1.29 is 27.8 Å². The molecule has 268 valence electrons. The van der Waals surface area contributed by atoms with E-state index in [1.165, 1.54) is 11.1 Å². The molecule has 9 nitrogen and oxygen atoms in total. The van der Waals surface area contributed by atoms with Crippen LogP contribution in [0, 0.1) is 17.8 Å². The molecule has 2 aromatic rings. The topological polar surface area (TPSA) is 108 Å². The molecule has 1 saturated heterocycles. The van der Waals surface area contributed by atoms with Gasteiger partial charge in [-0.15, -0.1) is 0 Å². The predicted octanol–water partition coefficient (Wildman–Crippen LogP) is 5.56. The summed E-state index contributed by atoms with van der Waals surface area (Å²) in [4.78, 5) is 18.3. The molecule has 0 unspecified atom stereocenters. The summed E-state index contributed by atoms with van der Waals surface area (Å²) in [6.45, 7) is 9.55. The number of morpholine rings is 1. The van der Waals surface area contributed by atoms with Crippen LogP contribution in [0.2, 0.25) is 5.02 Å². The fourth-order valence-electron chi connectivity index (χ4n) is 9.26. The average molecular weight is 714 g/mol. The van der Waals surface area contributed by atoms with Crippen molar-refractivity contribution in [2.45, 2.75) is 87.9 Å². The Morgan fingerprint density at radius 3 is 2.63 bits per heavy atom. The smallest absolute Gasteiger partial charge is 0.264 e. The number of aryl methyl sites for hydroxylation is 1. The lowest BCUT2D eigenvalue weighted by Crippen LogP contribution is -2.54. The van der Waals surface area contributed by atoms with E-state index in [0.717, 1.165) is 88.6 Å². The van der Waals surface area contributed by atoms with E-state index in [1.54, 1.807) is 13.0 Å². The number of hydrogen-bond donors (Lipinski definition) is 2. The summed E-state index contributed by atoms with van der Waals surface area (Å²) in [6.07, 6.45) is 7.66. The molecule has 0 aromatic heterocycles. The van der Waals surface area contributed by atoms with Gasteiger partial charge in [0.15, 0.2) is 0 Å². The van der Waals surface area contributed by atoms with E-state index >= 15 is 0 Å². The molecule has 11 heteroatoms. The van der Waals surface area contributed by atoms with E-state index in [2.05, 4.69) is 26.7 Å². The minimum atomic E-state index is -3.93. The number of halogens is 1. The van der Waals surface area contributed by atoms with Gasteiger partial charge >= 0.3 is 0 Å². The number of amides is 1. The molecule has 6 atom stereocenters. The van der Waals surface area contributed by atoms with Gasteiger partial charge in [0.05, 0.1) is 36.4 Å². The Morgan fingerprint density at radius 2 is 1.86 bits per heavy atom. The van der Waals surface area contributed by atoms with Crippen molar-refractivity contribution in [3.63, 3.8) is 0 Å². The van der Waals surface area contributed by atoms with Crippen LogP contribution in [0.25, 0.3) is 0 Å². The summed E-state index contributed by atoms with van der Waals surface area (Å²) in [5, 5.41) is 12.6. The number of fused-ring (bicyclic) bond motifs is 4. The summed E-state index contributed by atoms with van der Waals surface area (Å²) >= 11 is 6.46. The first-order valence-electron chi connectivity index (χ1n) is 18.4. The normalized spacial score (nSPS) is 33.7. The van der Waals surface area contributed by atoms with Crippen LogP contribution >= 0.6 is 11.6 Å². The summed E-state index contributed by atoms with van der Waals surface area (Å²) in [5.41, 5.74) is 2.49. The number of sulfonamides is 1. The third-order valence-corrected chi connectivity index (χ3v) is 14.8. The molecule has 5 aliphatic rings. The number of hydrogen-bond acceptors (Lipinski definition) is 8. The highest BCUT2D eigenvalue weighted by Gasteiger charge is 2.49. The Hall–Kier alpha value is -2.37. The van der Waals surface area contributed by atoms with Gasteiger partial charge in [0.25, 0.3) is 5.91 Å². The Balaban J connectivity index is 1.27. The maximum atomic E-state index is 13.5. The SMILES string of the molecule is C[C@@H]1[C@@H](C)CCC[C@@](O)(CCN2CCOCC2)[C@@H]2CC[C@H]2CN2C[C@@]3(CCCc4cc(Cl)ccc43)COc3ccc(cc32)C(=O)NS1(=O)=O. The number of rotatable bonds is 3. The molecule has 1 amide bonds. The molecule has 2 fully saturated rings. The second-order valence-corrected chi connectivity index (χ2v) is 18.1. The minimum Gasteiger partial charge on any atom is -0.490 e. The largest absolute Gasteiger partial charge is 0.490 e. The first-order valence-corrected chi connectivity index (χ1v) is 20.3. The van der Waals surface area contributed by atoms with Crippen molar-refractivity contribution in [3.8, 4) is 5.75 Å². The summed E-state index contributed by atoms with van der Waals surface area (Å²) < 4.78 is 41.6. The standard InChI is InChI=1S/C38H52ClN3O6S/c1-26-5-3-14-38(44,15-16-41-17-19-47-20-18-41)33-10-7-30(33)23-42-24-37(13-4-6-28-21-31(39)9-11-32(28)37)25-48-35-12-8-29(22-34(35)42)36(43)40-49(45,46)27(26)2/h8-9,11-12,21-22,26-27,30,33,44H,3-7,10,13-20,23-25H2,1-2H3,(H,40,43)/t26-,27+,30-,33+,37-,38+/m0/s1. The number of aliphatic hydroxyl groups is 1. The van der Waals surface area contributed by atoms with Crippen LogP contribution in [0.15, 0.2) is 36.4 Å². The van der Waals surface area contributed by atoms with Crippen molar-refractivity contribution in [1.82, 2.24) is 9.62 Å². The molecule has 3 aliphatic heterocycles. The zero-order valence-electron chi connectivity index (χ0n) is 29.0. The van der Waals surface area contributed by atoms with Gasteiger partial charge in [0.2, 0.25) is 10.0 Å². The van der Waals surface area contributed by atoms with E-state index in [4.69, 9.17) is 21.1 Å². The van der Waals surface area contributed by atoms with Gasteiger partial charge in [-0.25, -0.2) is 13.1 Å². The third-order valence-electron chi connectivity index (χ3n) is 12.6. The van der Waals surface area contributed by atoms with Gasteiger partial charge in [0, 0.05) is 48.7 Å². The lowest BCUT2D eigenvalue weighted by atomic mass is 9.62. The predicted molar refractivity (Wildman–Crippen MR) is 192 cm³/mol. The number of nitrogens with one attached hydrogen (secondary N) is 1. The molecule has 7 rings (SSSR count). The van der Waals surface area contributed by atoms with Crippen molar-refractivity contribution in [2.75, 3.05) is 57.4 Å². The third kappa shape index (κ3) is 7.10. The number of nitrogens with zero attached hydrogens (tertiary/aromatic N) is 2. The van der Waals surface area contributed by atoms with Gasteiger partial charge in [0.1, 0.15) is 5.75 Å². The molecule has 3 heterocycles. The van der Waals surface area contributed by atoms with Crippen LogP contribution in [-0.4, -0.2) is 87.7 Å². The number of benzene rings is 2. The molecule has 49 heavy (non-hydrogen) atoms. The Labute approximate surface area is 296 Å². The van der Waals surface area contributed by atoms with E-state index in [-0.39, 0.29) is 23.2 Å². The first kappa shape index (κ1) is 35.1. The second kappa shape index (κ2) is 14.0. The zero-order chi connectivity index (χ0) is 34.4. The fourth-order valence-corrected chi connectivity index (χ4v) is 10.8. The van der Waals surface area contributed by atoms with Gasteiger partial charge in [-0.3, -0.25) is 9.69 Å². The van der Waals surface area contributed by atoms with Crippen molar-refractivity contribution in [3.05, 3.63) is 58.1 Å². The van der Waals surface area contributed by atoms with Crippen molar-refractivity contribution in [1.29, 1.82) is 0 Å². The van der Waals surface area contributed by atoms with E-state index in [9.17, 15) is 18.3 Å². The van der Waals surface area contributed by atoms with E-state index in [1.807, 2.05) is 25.1 Å². The number of ether oxygens (including phenoxy) is 2. The Morgan fingerprint density at radius 1 is 1.04 bits per heavy atom. The molecule has 2 aromatic carbocycles. The molecular formula is C38H52ClN3O6S. The van der Waals surface area contributed by atoms with E-state index < -0.39 is 26.8 Å². The van der Waals surface area contributed by atoms with Crippen LogP contribution in [-0.2, 0) is 26.6 Å². The molecule has 2 aliphatic carbocycles.